The number of halogens is 2. The maximum absolute atomic E-state index is 5.86. The number of aromatic nitrogens is 2. The van der Waals surface area contributed by atoms with Crippen molar-refractivity contribution in [1.82, 2.24) is 8.75 Å². The fourth-order valence-corrected chi connectivity index (χ4v) is 2.22. The van der Waals surface area contributed by atoms with Crippen LogP contribution < -0.4 is 0 Å². The molecule has 2 nitrogen and oxygen atoms in total. The van der Waals surface area contributed by atoms with Gasteiger partial charge in [-0.15, -0.1) is 0 Å². The zero-order chi connectivity index (χ0) is 9.26. The van der Waals surface area contributed by atoms with Crippen molar-refractivity contribution in [2.75, 3.05) is 0 Å². The molecule has 5 heteroatoms. The number of hydrogen-bond donors (Lipinski definition) is 0. The summed E-state index contributed by atoms with van der Waals surface area (Å²) < 4.78 is 9.00. The molecule has 66 valence electrons. The summed E-state index contributed by atoms with van der Waals surface area (Å²) in [5, 5.41) is 0.455. The second-order valence-electron chi connectivity index (χ2n) is 2.38. The monoisotopic (exact) mass is 274 g/mol. The van der Waals surface area contributed by atoms with Crippen LogP contribution in [-0.4, -0.2) is 8.75 Å². The van der Waals surface area contributed by atoms with E-state index >= 15 is 0 Å². The van der Waals surface area contributed by atoms with Gasteiger partial charge in [0, 0.05) is 10.0 Å². The van der Waals surface area contributed by atoms with Gasteiger partial charge in [-0.05, 0) is 6.07 Å². The Bertz CT molecular complexity index is 430. The molecule has 0 fully saturated rings. The van der Waals surface area contributed by atoms with Crippen LogP contribution in [0.5, 0.6) is 0 Å². The van der Waals surface area contributed by atoms with Crippen molar-refractivity contribution in [2.45, 2.75) is 0 Å². The lowest BCUT2D eigenvalue weighted by Gasteiger charge is -1.98. The van der Waals surface area contributed by atoms with Gasteiger partial charge in [0.25, 0.3) is 0 Å². The average Bonchev–Trinajstić information content (AvgIpc) is 2.52. The zero-order valence-electron chi connectivity index (χ0n) is 6.37. The first-order valence-electron chi connectivity index (χ1n) is 3.52. The molecule has 0 atom stereocenters. The Morgan fingerprint density at radius 2 is 2.00 bits per heavy atom. The van der Waals surface area contributed by atoms with Crippen molar-refractivity contribution in [3.05, 3.63) is 33.9 Å². The Labute approximate surface area is 93.0 Å². The number of benzene rings is 1. The summed E-state index contributed by atoms with van der Waals surface area (Å²) in [5.74, 6) is 0. The molecule has 1 aromatic carbocycles. The highest BCUT2D eigenvalue weighted by Gasteiger charge is 2.10. The van der Waals surface area contributed by atoms with Crippen molar-refractivity contribution < 1.29 is 0 Å². The summed E-state index contributed by atoms with van der Waals surface area (Å²) in [6, 6.07) is 7.79. The minimum Gasteiger partial charge on any atom is -0.171 e. The molecule has 0 unspecified atom stereocenters. The quantitative estimate of drug-likeness (QED) is 0.794. The smallest absolute Gasteiger partial charge is 0.170 e. The molecule has 0 saturated carbocycles. The molecule has 2 aromatic rings. The van der Waals surface area contributed by atoms with E-state index < -0.39 is 0 Å². The Kier molecular flexibility index (Phi) is 2.62. The van der Waals surface area contributed by atoms with Gasteiger partial charge in [-0.25, -0.2) is 0 Å². The molecule has 2 rings (SSSR count). The van der Waals surface area contributed by atoms with Gasteiger partial charge >= 0.3 is 0 Å². The van der Waals surface area contributed by atoms with Gasteiger partial charge in [0.15, 0.2) is 5.15 Å². The molecule has 13 heavy (non-hydrogen) atoms. The predicted octanol–water partition coefficient (Wildman–Crippen LogP) is 3.62. The van der Waals surface area contributed by atoms with Crippen molar-refractivity contribution >= 4 is 39.3 Å². The molecular formula is C8H4BrClN2S. The summed E-state index contributed by atoms with van der Waals surface area (Å²) in [6.45, 7) is 0. The van der Waals surface area contributed by atoms with E-state index in [-0.39, 0.29) is 0 Å². The minimum absolute atomic E-state index is 0.455. The van der Waals surface area contributed by atoms with Gasteiger partial charge in [0.1, 0.15) is 5.69 Å². The van der Waals surface area contributed by atoms with Gasteiger partial charge in [0.05, 0.1) is 11.7 Å². The summed E-state index contributed by atoms with van der Waals surface area (Å²) in [7, 11) is 0. The molecule has 0 spiro atoms. The van der Waals surface area contributed by atoms with E-state index in [1.54, 1.807) is 0 Å². The van der Waals surface area contributed by atoms with Crippen LogP contribution in [0.4, 0.5) is 0 Å². The van der Waals surface area contributed by atoms with Crippen molar-refractivity contribution in [3.8, 4) is 11.3 Å². The molecular weight excluding hydrogens is 272 g/mol. The maximum atomic E-state index is 5.86. The molecule has 0 N–H and O–H groups in total. The number of hydrogen-bond acceptors (Lipinski definition) is 3. The van der Waals surface area contributed by atoms with Crippen molar-refractivity contribution in [3.63, 3.8) is 0 Å². The van der Waals surface area contributed by atoms with Crippen LogP contribution in [0.1, 0.15) is 0 Å². The third-order valence-corrected chi connectivity index (χ3v) is 3.16. The first-order valence-corrected chi connectivity index (χ1v) is 5.42. The van der Waals surface area contributed by atoms with Gasteiger partial charge < -0.3 is 0 Å². The Hall–Kier alpha value is -0.450. The lowest BCUT2D eigenvalue weighted by molar-refractivity contribution is 1.48. The summed E-state index contributed by atoms with van der Waals surface area (Å²) in [6.07, 6.45) is 0. The van der Waals surface area contributed by atoms with Crippen molar-refractivity contribution in [2.24, 2.45) is 0 Å². The van der Waals surface area contributed by atoms with E-state index in [0.717, 1.165) is 27.5 Å². The van der Waals surface area contributed by atoms with Gasteiger partial charge in [-0.3, -0.25) is 0 Å². The fourth-order valence-electron chi connectivity index (χ4n) is 0.992. The largest absolute Gasteiger partial charge is 0.171 e. The minimum atomic E-state index is 0.455. The van der Waals surface area contributed by atoms with Crippen LogP contribution in [-0.2, 0) is 0 Å². The molecule has 0 aliphatic heterocycles. The van der Waals surface area contributed by atoms with E-state index in [4.69, 9.17) is 11.6 Å². The van der Waals surface area contributed by atoms with Crippen LogP contribution in [0.15, 0.2) is 28.7 Å². The first-order chi connectivity index (χ1) is 6.29. The predicted molar refractivity (Wildman–Crippen MR) is 58.1 cm³/mol. The van der Waals surface area contributed by atoms with E-state index in [0.29, 0.717) is 5.15 Å². The van der Waals surface area contributed by atoms with Crippen molar-refractivity contribution in [1.29, 1.82) is 0 Å². The van der Waals surface area contributed by atoms with Gasteiger partial charge in [0.2, 0.25) is 0 Å². The topological polar surface area (TPSA) is 25.8 Å². The highest BCUT2D eigenvalue weighted by Crippen LogP contribution is 2.31. The van der Waals surface area contributed by atoms with E-state index in [1.165, 1.54) is 0 Å². The first kappa shape index (κ1) is 9.12. The third-order valence-electron chi connectivity index (χ3n) is 1.58. The molecule has 1 aromatic heterocycles. The second kappa shape index (κ2) is 3.74. The van der Waals surface area contributed by atoms with E-state index in [1.807, 2.05) is 24.3 Å². The molecule has 0 radical (unpaired) electrons. The SMILES string of the molecule is Clc1nsnc1-c1ccccc1Br. The summed E-state index contributed by atoms with van der Waals surface area (Å²) in [4.78, 5) is 0. The van der Waals surface area contributed by atoms with Crippen LogP contribution >= 0.6 is 39.3 Å². The Morgan fingerprint density at radius 1 is 1.23 bits per heavy atom. The molecule has 1 heterocycles. The highest BCUT2D eigenvalue weighted by molar-refractivity contribution is 9.10. The van der Waals surface area contributed by atoms with Crippen LogP contribution in [0.25, 0.3) is 11.3 Å². The highest BCUT2D eigenvalue weighted by atomic mass is 79.9. The van der Waals surface area contributed by atoms with E-state index in [9.17, 15) is 0 Å². The van der Waals surface area contributed by atoms with Gasteiger partial charge in [-0.2, -0.15) is 8.75 Å². The standard InChI is InChI=1S/C8H4BrClN2S/c9-6-4-2-1-3-5(6)7-8(10)12-13-11-7/h1-4H. The fraction of sp³-hybridized carbons (Fsp3) is 0. The lowest BCUT2D eigenvalue weighted by Crippen LogP contribution is -1.79. The lowest BCUT2D eigenvalue weighted by atomic mass is 10.2. The number of rotatable bonds is 1. The van der Waals surface area contributed by atoms with Crippen LogP contribution in [0, 0.1) is 0 Å². The maximum Gasteiger partial charge on any atom is 0.170 e. The Morgan fingerprint density at radius 3 is 2.62 bits per heavy atom. The number of nitrogens with zero attached hydrogens (tertiary/aromatic N) is 2. The van der Waals surface area contributed by atoms with Crippen LogP contribution in [0.2, 0.25) is 5.15 Å². The van der Waals surface area contributed by atoms with Crippen LogP contribution in [0.3, 0.4) is 0 Å². The third kappa shape index (κ3) is 1.75. The average molecular weight is 276 g/mol. The Balaban J connectivity index is 2.59. The second-order valence-corrected chi connectivity index (χ2v) is 4.12. The van der Waals surface area contributed by atoms with Gasteiger partial charge in [-0.1, -0.05) is 45.7 Å². The molecule has 0 bridgehead atoms. The molecule has 0 saturated heterocycles. The summed E-state index contributed by atoms with van der Waals surface area (Å²) >= 11 is 10.4. The van der Waals surface area contributed by atoms with E-state index in [2.05, 4.69) is 24.7 Å². The molecule has 0 aliphatic carbocycles. The normalized spacial score (nSPS) is 10.3. The molecule has 0 aliphatic rings. The molecule has 0 amide bonds. The zero-order valence-corrected chi connectivity index (χ0v) is 9.53. The summed E-state index contributed by atoms with van der Waals surface area (Å²) in [5.41, 5.74) is 1.71.